The van der Waals surface area contributed by atoms with Crippen molar-refractivity contribution in [3.63, 3.8) is 0 Å². The van der Waals surface area contributed by atoms with Gasteiger partial charge in [0.2, 0.25) is 0 Å². The maximum Gasteiger partial charge on any atom is 0.263 e. The second-order valence-electron chi connectivity index (χ2n) is 24.0. The number of nitrogens with zero attached hydrogens (tertiary/aromatic N) is 4. The first-order chi connectivity index (χ1) is 35.9. The highest BCUT2D eigenvalue weighted by molar-refractivity contribution is 6.38. The molecule has 0 N–H and O–H groups in total. The molecule has 4 heterocycles. The number of rotatable bonds is 0. The molecule has 0 unspecified atom stereocenters. The van der Waals surface area contributed by atoms with Crippen molar-refractivity contribution < 1.29 is 0 Å². The van der Waals surface area contributed by atoms with Crippen LogP contribution in [-0.4, -0.2) is 8.80 Å². The van der Waals surface area contributed by atoms with Gasteiger partial charge in [-0.15, -0.1) is 0 Å². The van der Waals surface area contributed by atoms with Crippen molar-refractivity contribution in [2.24, 2.45) is 0 Å². The Morgan fingerprint density at radius 2 is 0.797 bits per heavy atom. The van der Waals surface area contributed by atoms with Gasteiger partial charge in [-0.3, -0.25) is 9.20 Å². The highest BCUT2D eigenvalue weighted by atomic mass is 16.1. The average molecular weight is 947 g/mol. The van der Waals surface area contributed by atoms with Crippen molar-refractivity contribution >= 4 is 76.1 Å². The molecule has 4 bridgehead atoms. The zero-order valence-electron chi connectivity index (χ0n) is 41.9. The molecule has 9 aromatic carbocycles. The zero-order valence-corrected chi connectivity index (χ0v) is 41.9. The Balaban J connectivity index is 1.16. The fourth-order valence-electron chi connectivity index (χ4n) is 15.5. The van der Waals surface area contributed by atoms with E-state index in [1.54, 1.807) is 0 Å². The third-order valence-corrected chi connectivity index (χ3v) is 18.5. The molecule has 0 spiro atoms. The lowest BCUT2D eigenvalue weighted by Crippen LogP contribution is -2.28. The Morgan fingerprint density at radius 1 is 0.378 bits per heavy atom. The van der Waals surface area contributed by atoms with Gasteiger partial charge < -0.3 is 4.40 Å². The summed E-state index contributed by atoms with van der Waals surface area (Å²) in [6.45, 7) is 13.6. The SMILES string of the molecule is CC(C)(C)c1ccc2c(c1)c1cc(C(C)(C)C)cc3c4c(cc5c6c7c(c(C#N)cc6n6c8cc(C#N)c9c(c8c4c56)C4c5ccccc5C9c5ccccc54)C4c5ccccc5C7c5ccccc54)c(=O)n2c13. The molecule has 0 saturated carbocycles. The van der Waals surface area contributed by atoms with Gasteiger partial charge in [0.05, 0.1) is 50.8 Å². The second-order valence-corrected chi connectivity index (χ2v) is 24.0. The summed E-state index contributed by atoms with van der Waals surface area (Å²) in [5.74, 6) is -0.547. The second kappa shape index (κ2) is 13.1. The van der Waals surface area contributed by atoms with Gasteiger partial charge in [0, 0.05) is 72.1 Å². The summed E-state index contributed by atoms with van der Waals surface area (Å²) >= 11 is 0. The predicted octanol–water partition coefficient (Wildman–Crippen LogP) is 15.7. The van der Waals surface area contributed by atoms with Crippen LogP contribution in [0.1, 0.15) is 154 Å². The molecule has 19 rings (SSSR count). The molecular weight excluding hydrogens is 901 g/mol. The minimum atomic E-state index is -0.217. The van der Waals surface area contributed by atoms with Crippen LogP contribution in [0.25, 0.3) is 76.1 Å². The minimum absolute atomic E-state index is 0.0357. The fourth-order valence-corrected chi connectivity index (χ4v) is 15.5. The molecule has 0 amide bonds. The summed E-state index contributed by atoms with van der Waals surface area (Å²) in [7, 11) is 0. The summed E-state index contributed by atoms with van der Waals surface area (Å²) in [6.07, 6.45) is 0. The molecule has 5 heteroatoms. The van der Waals surface area contributed by atoms with E-state index in [9.17, 15) is 10.5 Å². The molecule has 6 aliphatic carbocycles. The molecule has 0 aliphatic heterocycles. The van der Waals surface area contributed by atoms with E-state index in [0.29, 0.717) is 16.5 Å². The summed E-state index contributed by atoms with van der Waals surface area (Å²) in [5.41, 5.74) is 22.7. The van der Waals surface area contributed by atoms with E-state index in [-0.39, 0.29) is 40.1 Å². The van der Waals surface area contributed by atoms with Gasteiger partial charge in [-0.2, -0.15) is 10.5 Å². The highest BCUT2D eigenvalue weighted by Crippen LogP contribution is 2.63. The maximum atomic E-state index is 16.4. The van der Waals surface area contributed by atoms with Crippen LogP contribution in [0.3, 0.4) is 0 Å². The van der Waals surface area contributed by atoms with Crippen LogP contribution in [-0.2, 0) is 10.8 Å². The zero-order chi connectivity index (χ0) is 49.7. The largest absolute Gasteiger partial charge is 0.308 e. The molecule has 4 aromatic heterocycles. The Hall–Kier alpha value is -8.77. The Kier molecular flexibility index (Phi) is 7.20. The first kappa shape index (κ1) is 40.8. The van der Waals surface area contributed by atoms with E-state index in [1.165, 1.54) is 55.6 Å². The van der Waals surface area contributed by atoms with Crippen molar-refractivity contribution in [3.8, 4) is 12.1 Å². The van der Waals surface area contributed by atoms with Crippen LogP contribution in [0.4, 0.5) is 0 Å². The molecule has 5 nitrogen and oxygen atoms in total. The van der Waals surface area contributed by atoms with E-state index in [0.717, 1.165) is 92.9 Å². The molecule has 348 valence electrons. The Morgan fingerprint density at radius 3 is 1.27 bits per heavy atom. The van der Waals surface area contributed by atoms with Gasteiger partial charge in [-0.1, -0.05) is 145 Å². The van der Waals surface area contributed by atoms with Crippen molar-refractivity contribution in [3.05, 3.63) is 245 Å². The van der Waals surface area contributed by atoms with E-state index in [1.807, 2.05) is 4.40 Å². The summed E-state index contributed by atoms with van der Waals surface area (Å²) in [4.78, 5) is 16.4. The summed E-state index contributed by atoms with van der Waals surface area (Å²) < 4.78 is 4.43. The van der Waals surface area contributed by atoms with Gasteiger partial charge in [-0.25, -0.2) is 0 Å². The third-order valence-electron chi connectivity index (χ3n) is 18.5. The van der Waals surface area contributed by atoms with E-state index >= 15 is 4.79 Å². The van der Waals surface area contributed by atoms with Gasteiger partial charge in [0.15, 0.2) is 0 Å². The molecular formula is C69H46N4O. The number of benzene rings is 9. The standard InChI is InChI=1S/C69H46N4O/c1-68(2,3)35-23-24-50-45(27-35)46-28-36(69(4,5)6)29-47-59-49(67(74)73(50)65(46)47)30-48-60-51(25-33(31-70)53-55-37-15-7-11-19-41(37)57(62(53)60)42-20-12-8-16-38(42)55)72-52-26-34(32-71)54-56-39-17-9-13-21-43(39)58(44-22-14-10-18-40(44)56)63(54)61(52)64(59)66(48)72/h7-30,55-58H,1-6H3. The quantitative estimate of drug-likeness (QED) is 0.142. The van der Waals surface area contributed by atoms with Crippen LogP contribution in [0.15, 0.2) is 150 Å². The molecule has 0 fully saturated rings. The van der Waals surface area contributed by atoms with Crippen LogP contribution in [0.5, 0.6) is 0 Å². The normalized spacial score (nSPS) is 18.2. The number of aromatic nitrogens is 2. The average Bonchev–Trinajstić information content (AvgIpc) is 4.07. The Labute approximate surface area is 426 Å². The van der Waals surface area contributed by atoms with Crippen LogP contribution < -0.4 is 5.56 Å². The fraction of sp³-hybridized carbons (Fsp3) is 0.174. The van der Waals surface area contributed by atoms with Crippen molar-refractivity contribution in [2.45, 2.75) is 76.0 Å². The molecule has 0 saturated heterocycles. The lowest BCUT2D eigenvalue weighted by molar-refractivity contribution is 0.591. The number of nitriles is 2. The lowest BCUT2D eigenvalue weighted by Gasteiger charge is -2.43. The molecule has 74 heavy (non-hydrogen) atoms. The predicted molar refractivity (Wildman–Crippen MR) is 298 cm³/mol. The topological polar surface area (TPSA) is 73.5 Å². The van der Waals surface area contributed by atoms with Gasteiger partial charge in [0.25, 0.3) is 5.56 Å². The van der Waals surface area contributed by atoms with Crippen LogP contribution in [0.2, 0.25) is 0 Å². The van der Waals surface area contributed by atoms with E-state index in [2.05, 4.69) is 204 Å². The number of hydrogen-bond donors (Lipinski definition) is 0. The number of fused-ring (bicyclic) bond motifs is 12. The van der Waals surface area contributed by atoms with E-state index < -0.39 is 0 Å². The smallest absolute Gasteiger partial charge is 0.263 e. The van der Waals surface area contributed by atoms with Crippen molar-refractivity contribution in [1.82, 2.24) is 8.80 Å². The van der Waals surface area contributed by atoms with Gasteiger partial charge in [-0.05, 0) is 131 Å². The van der Waals surface area contributed by atoms with Crippen molar-refractivity contribution in [1.29, 1.82) is 10.5 Å². The summed E-state index contributed by atoms with van der Waals surface area (Å²) in [6, 6.07) is 58.8. The van der Waals surface area contributed by atoms with Gasteiger partial charge in [0.1, 0.15) is 0 Å². The molecule has 13 aromatic rings. The molecule has 0 atom stereocenters. The first-order valence-corrected chi connectivity index (χ1v) is 26.1. The van der Waals surface area contributed by atoms with Crippen LogP contribution in [0, 0.1) is 22.7 Å². The van der Waals surface area contributed by atoms with E-state index in [4.69, 9.17) is 0 Å². The van der Waals surface area contributed by atoms with Crippen LogP contribution >= 0.6 is 0 Å². The first-order valence-electron chi connectivity index (χ1n) is 26.1. The minimum Gasteiger partial charge on any atom is -0.308 e. The number of pyridine rings is 1. The monoisotopic (exact) mass is 946 g/mol. The van der Waals surface area contributed by atoms with Gasteiger partial charge >= 0.3 is 0 Å². The molecule has 0 radical (unpaired) electrons. The maximum absolute atomic E-state index is 16.4. The molecule has 6 aliphatic rings. The highest BCUT2D eigenvalue weighted by Gasteiger charge is 2.47. The van der Waals surface area contributed by atoms with Crippen molar-refractivity contribution in [2.75, 3.05) is 0 Å². The number of hydrogen-bond acceptors (Lipinski definition) is 3. The Bertz CT molecular complexity index is 4900. The third kappa shape index (κ3) is 4.54. The lowest BCUT2D eigenvalue weighted by atomic mass is 9.59. The summed E-state index contributed by atoms with van der Waals surface area (Å²) in [5, 5.41) is 32.1.